The molecule has 0 saturated carbocycles. The van der Waals surface area contributed by atoms with Gasteiger partial charge in [0.2, 0.25) is 0 Å². The highest BCUT2D eigenvalue weighted by atomic mass is 32.1. The molecule has 0 bridgehead atoms. The maximum atomic E-state index is 11.7. The number of carbonyl (C=O) groups is 2. The molecule has 0 radical (unpaired) electrons. The standard InChI is InChI=1S/C16H16N2O4S/c1-2-21-15(19)11-22-13-7-5-12(6-8-13)10-17-18-16(20)14-4-3-9-23-14/h3-10H,2,11H2,1H3,(H,18,20)/b17-10+. The SMILES string of the molecule is CCOC(=O)COc1ccc(/C=N/NC(=O)c2cccs2)cc1. The molecule has 2 aromatic rings. The Morgan fingerprint density at radius 1 is 1.26 bits per heavy atom. The van der Waals surface area contributed by atoms with Gasteiger partial charge in [-0.15, -0.1) is 11.3 Å². The fourth-order valence-corrected chi connectivity index (χ4v) is 2.24. The fourth-order valence-electron chi connectivity index (χ4n) is 1.62. The second kappa shape index (κ2) is 8.70. The van der Waals surface area contributed by atoms with Crippen LogP contribution in [-0.4, -0.2) is 31.3 Å². The highest BCUT2D eigenvalue weighted by molar-refractivity contribution is 7.12. The summed E-state index contributed by atoms with van der Waals surface area (Å²) < 4.78 is 10.0. The first-order valence-corrected chi connectivity index (χ1v) is 7.82. The summed E-state index contributed by atoms with van der Waals surface area (Å²) in [6, 6.07) is 10.5. The second-order valence-corrected chi connectivity index (χ2v) is 5.29. The summed E-state index contributed by atoms with van der Waals surface area (Å²) in [6.07, 6.45) is 1.53. The molecule has 0 aliphatic heterocycles. The van der Waals surface area contributed by atoms with Crippen LogP contribution in [0.3, 0.4) is 0 Å². The fraction of sp³-hybridized carbons (Fsp3) is 0.188. The van der Waals surface area contributed by atoms with Gasteiger partial charge < -0.3 is 9.47 Å². The van der Waals surface area contributed by atoms with Gasteiger partial charge in [-0.05, 0) is 48.2 Å². The number of hydrogen-bond acceptors (Lipinski definition) is 6. The van der Waals surface area contributed by atoms with Crippen LogP contribution in [0, 0.1) is 0 Å². The van der Waals surface area contributed by atoms with E-state index >= 15 is 0 Å². The van der Waals surface area contributed by atoms with Gasteiger partial charge in [-0.1, -0.05) is 6.07 Å². The molecule has 1 amide bonds. The van der Waals surface area contributed by atoms with Crippen molar-refractivity contribution < 1.29 is 19.1 Å². The lowest BCUT2D eigenvalue weighted by molar-refractivity contribution is -0.145. The van der Waals surface area contributed by atoms with Gasteiger partial charge in [0.05, 0.1) is 17.7 Å². The molecule has 23 heavy (non-hydrogen) atoms. The first-order valence-electron chi connectivity index (χ1n) is 6.94. The first kappa shape index (κ1) is 16.7. The summed E-state index contributed by atoms with van der Waals surface area (Å²) in [6.45, 7) is 1.94. The van der Waals surface area contributed by atoms with E-state index < -0.39 is 5.97 Å². The van der Waals surface area contributed by atoms with Crippen LogP contribution in [0.5, 0.6) is 5.75 Å². The minimum absolute atomic E-state index is 0.127. The van der Waals surface area contributed by atoms with Crippen molar-refractivity contribution in [1.82, 2.24) is 5.43 Å². The predicted octanol–water partition coefficient (Wildman–Crippen LogP) is 2.45. The van der Waals surface area contributed by atoms with Gasteiger partial charge in [0.25, 0.3) is 5.91 Å². The van der Waals surface area contributed by atoms with Gasteiger partial charge in [0.1, 0.15) is 5.75 Å². The van der Waals surface area contributed by atoms with E-state index in [2.05, 4.69) is 10.5 Å². The first-order chi connectivity index (χ1) is 11.2. The van der Waals surface area contributed by atoms with E-state index in [-0.39, 0.29) is 12.5 Å². The molecule has 1 heterocycles. The zero-order valence-electron chi connectivity index (χ0n) is 12.5. The molecule has 6 nitrogen and oxygen atoms in total. The summed E-state index contributed by atoms with van der Waals surface area (Å²) in [4.78, 5) is 23.5. The monoisotopic (exact) mass is 332 g/mol. The molecule has 0 atom stereocenters. The number of hydrogen-bond donors (Lipinski definition) is 1. The van der Waals surface area contributed by atoms with E-state index in [0.29, 0.717) is 17.2 Å². The topological polar surface area (TPSA) is 77.0 Å². The Labute approximate surface area is 137 Å². The lowest BCUT2D eigenvalue weighted by atomic mass is 10.2. The molecular formula is C16H16N2O4S. The molecule has 1 aromatic carbocycles. The van der Waals surface area contributed by atoms with Crippen LogP contribution < -0.4 is 10.2 Å². The summed E-state index contributed by atoms with van der Waals surface area (Å²) in [7, 11) is 0. The van der Waals surface area contributed by atoms with Crippen LogP contribution in [0.2, 0.25) is 0 Å². The summed E-state index contributed by atoms with van der Waals surface area (Å²) >= 11 is 1.35. The van der Waals surface area contributed by atoms with Gasteiger partial charge in [-0.3, -0.25) is 4.79 Å². The van der Waals surface area contributed by atoms with Crippen molar-refractivity contribution in [2.45, 2.75) is 6.92 Å². The normalized spacial score (nSPS) is 10.5. The minimum Gasteiger partial charge on any atom is -0.482 e. The van der Waals surface area contributed by atoms with Crippen LogP contribution in [0.25, 0.3) is 0 Å². The Morgan fingerprint density at radius 3 is 2.70 bits per heavy atom. The third-order valence-corrected chi connectivity index (χ3v) is 3.54. The van der Waals surface area contributed by atoms with E-state index in [1.165, 1.54) is 17.6 Å². The van der Waals surface area contributed by atoms with Crippen LogP contribution in [0.4, 0.5) is 0 Å². The van der Waals surface area contributed by atoms with E-state index in [9.17, 15) is 9.59 Å². The molecule has 0 aliphatic carbocycles. The number of thiophene rings is 1. The maximum absolute atomic E-state index is 11.7. The maximum Gasteiger partial charge on any atom is 0.344 e. The molecule has 0 unspecified atom stereocenters. The number of nitrogens with zero attached hydrogens (tertiary/aromatic N) is 1. The summed E-state index contributed by atoms with van der Waals surface area (Å²) in [5.41, 5.74) is 3.24. The van der Waals surface area contributed by atoms with Crippen LogP contribution in [0.15, 0.2) is 46.9 Å². The molecule has 2 rings (SSSR count). The lowest BCUT2D eigenvalue weighted by Gasteiger charge is -2.05. The van der Waals surface area contributed by atoms with Gasteiger partial charge >= 0.3 is 5.97 Å². The summed E-state index contributed by atoms with van der Waals surface area (Å²) in [5.74, 6) is -0.0992. The van der Waals surface area contributed by atoms with Crippen LogP contribution in [0.1, 0.15) is 22.2 Å². The molecule has 0 fully saturated rings. The van der Waals surface area contributed by atoms with Crippen LogP contribution in [-0.2, 0) is 9.53 Å². The second-order valence-electron chi connectivity index (χ2n) is 4.34. The van der Waals surface area contributed by atoms with E-state index in [4.69, 9.17) is 9.47 Å². The van der Waals surface area contributed by atoms with E-state index in [0.717, 1.165) is 5.56 Å². The Bertz CT molecular complexity index is 666. The Hall–Kier alpha value is -2.67. The Balaban J connectivity index is 1.81. The quantitative estimate of drug-likeness (QED) is 0.480. The third kappa shape index (κ3) is 5.55. The number of esters is 1. The molecule has 1 N–H and O–H groups in total. The molecule has 0 aliphatic rings. The number of carbonyl (C=O) groups excluding carboxylic acids is 2. The number of amides is 1. The molecule has 0 saturated heterocycles. The third-order valence-electron chi connectivity index (χ3n) is 2.67. The zero-order chi connectivity index (χ0) is 16.5. The van der Waals surface area contributed by atoms with Gasteiger partial charge in [0, 0.05) is 0 Å². The summed E-state index contributed by atoms with van der Waals surface area (Å²) in [5, 5.41) is 5.72. The van der Waals surface area contributed by atoms with Crippen molar-refractivity contribution in [2.24, 2.45) is 5.10 Å². The number of hydrazone groups is 1. The molecule has 0 spiro atoms. The van der Waals surface area contributed by atoms with Gasteiger partial charge in [-0.2, -0.15) is 5.10 Å². The van der Waals surface area contributed by atoms with Gasteiger partial charge in [-0.25, -0.2) is 10.2 Å². The van der Waals surface area contributed by atoms with E-state index in [1.54, 1.807) is 43.3 Å². The van der Waals surface area contributed by atoms with Crippen molar-refractivity contribution >= 4 is 29.4 Å². The number of nitrogens with one attached hydrogen (secondary N) is 1. The van der Waals surface area contributed by atoms with Crippen molar-refractivity contribution in [3.8, 4) is 5.75 Å². The number of ether oxygens (including phenoxy) is 2. The Kier molecular flexibility index (Phi) is 6.31. The molecule has 120 valence electrons. The average molecular weight is 332 g/mol. The minimum atomic E-state index is -0.408. The average Bonchev–Trinajstić information content (AvgIpc) is 3.09. The smallest absolute Gasteiger partial charge is 0.344 e. The van der Waals surface area contributed by atoms with Crippen molar-refractivity contribution in [2.75, 3.05) is 13.2 Å². The van der Waals surface area contributed by atoms with Crippen molar-refractivity contribution in [1.29, 1.82) is 0 Å². The largest absolute Gasteiger partial charge is 0.482 e. The highest BCUT2D eigenvalue weighted by Crippen LogP contribution is 2.11. The molecular weight excluding hydrogens is 316 g/mol. The highest BCUT2D eigenvalue weighted by Gasteiger charge is 2.04. The van der Waals surface area contributed by atoms with Gasteiger partial charge in [0.15, 0.2) is 6.61 Å². The number of rotatable bonds is 7. The Morgan fingerprint density at radius 2 is 2.04 bits per heavy atom. The van der Waals surface area contributed by atoms with Crippen molar-refractivity contribution in [3.63, 3.8) is 0 Å². The molecule has 7 heteroatoms. The van der Waals surface area contributed by atoms with Crippen molar-refractivity contribution in [3.05, 3.63) is 52.2 Å². The van der Waals surface area contributed by atoms with E-state index in [1.807, 2.05) is 5.38 Å². The number of benzene rings is 1. The van der Waals surface area contributed by atoms with Crippen LogP contribution >= 0.6 is 11.3 Å². The predicted molar refractivity (Wildman–Crippen MR) is 87.9 cm³/mol. The molecule has 1 aromatic heterocycles. The lowest BCUT2D eigenvalue weighted by Crippen LogP contribution is -2.16. The zero-order valence-corrected chi connectivity index (χ0v) is 13.3.